The van der Waals surface area contributed by atoms with E-state index in [-0.39, 0.29) is 24.0 Å². The third kappa shape index (κ3) is 9.05. The van der Waals surface area contributed by atoms with E-state index in [0.29, 0.717) is 40.5 Å². The minimum atomic E-state index is -0.197. The normalized spacial score (nSPS) is 21.4. The molecule has 9 rings (SSSR count). The van der Waals surface area contributed by atoms with Crippen LogP contribution in [0.5, 0.6) is 5.75 Å². The van der Waals surface area contributed by atoms with Gasteiger partial charge in [-0.3, -0.25) is 19.3 Å². The number of halogens is 1. The number of carbonyl (C=O) groups excluding carboxylic acids is 2. The first-order valence-electron chi connectivity index (χ1n) is 22.3. The van der Waals surface area contributed by atoms with E-state index >= 15 is 0 Å². The zero-order chi connectivity index (χ0) is 42.0. The molecule has 61 heavy (non-hydrogen) atoms. The Hall–Kier alpha value is -5.26. The molecule has 0 bridgehead atoms. The minimum Gasteiger partial charge on any atom is -0.490 e. The molecule has 4 aromatic rings. The summed E-state index contributed by atoms with van der Waals surface area (Å²) < 4.78 is 8.46. The molecule has 1 saturated carbocycles. The predicted octanol–water partition coefficient (Wildman–Crippen LogP) is 6.56. The lowest BCUT2D eigenvalue weighted by Gasteiger charge is -2.38. The molecule has 4 aliphatic heterocycles. The van der Waals surface area contributed by atoms with Gasteiger partial charge in [-0.05, 0) is 113 Å². The Morgan fingerprint density at radius 1 is 0.934 bits per heavy atom. The molecule has 0 spiro atoms. The largest absolute Gasteiger partial charge is 0.490 e. The zero-order valence-electron chi connectivity index (χ0n) is 35.4. The fraction of sp³-hybridized carbons (Fsp3) is 0.543. The lowest BCUT2D eigenvalue weighted by molar-refractivity contribution is -0.129. The van der Waals surface area contributed by atoms with E-state index in [0.717, 1.165) is 139 Å². The highest BCUT2D eigenvalue weighted by Crippen LogP contribution is 2.40. The number of hydrogen-bond donors (Lipinski definition) is 1. The quantitative estimate of drug-likeness (QED) is 0.195. The number of nitrogens with zero attached hydrogens (tertiary/aromatic N) is 10. The summed E-state index contributed by atoms with van der Waals surface area (Å²) in [5, 5.41) is 26.9. The molecule has 0 atom stereocenters. The molecule has 3 aromatic heterocycles. The van der Waals surface area contributed by atoms with Gasteiger partial charge in [-0.15, -0.1) is 10.2 Å². The van der Waals surface area contributed by atoms with Crippen molar-refractivity contribution in [2.75, 3.05) is 55.6 Å². The van der Waals surface area contributed by atoms with Gasteiger partial charge in [0.1, 0.15) is 11.8 Å². The molecule has 2 saturated heterocycles. The number of rotatable bonds is 9. The van der Waals surface area contributed by atoms with Gasteiger partial charge in [-0.2, -0.15) is 10.4 Å². The van der Waals surface area contributed by atoms with E-state index in [4.69, 9.17) is 26.7 Å². The Labute approximate surface area is 363 Å². The predicted molar refractivity (Wildman–Crippen MR) is 233 cm³/mol. The monoisotopic (exact) mass is 845 g/mol. The van der Waals surface area contributed by atoms with Crippen molar-refractivity contribution in [1.29, 1.82) is 5.26 Å². The summed E-state index contributed by atoms with van der Waals surface area (Å²) >= 11 is 6.17. The van der Waals surface area contributed by atoms with Crippen LogP contribution in [0, 0.1) is 24.2 Å². The molecular formula is C46H56ClN11O3. The fourth-order valence-corrected chi connectivity index (χ4v) is 10.4. The molecule has 14 nitrogen and oxygen atoms in total. The number of benzene rings is 1. The van der Waals surface area contributed by atoms with Gasteiger partial charge in [0.05, 0.1) is 41.2 Å². The van der Waals surface area contributed by atoms with Gasteiger partial charge in [0.25, 0.3) is 5.91 Å². The van der Waals surface area contributed by atoms with Gasteiger partial charge < -0.3 is 29.7 Å². The number of pyridine rings is 1. The van der Waals surface area contributed by atoms with Crippen molar-refractivity contribution in [3.05, 3.63) is 81.4 Å². The molecule has 2 amide bonds. The number of nitrogens with one attached hydrogen (secondary N) is 1. The van der Waals surface area contributed by atoms with E-state index < -0.39 is 0 Å². The summed E-state index contributed by atoms with van der Waals surface area (Å²) in [6, 6.07) is 13.5. The lowest BCUT2D eigenvalue weighted by Crippen LogP contribution is -2.42. The highest BCUT2D eigenvalue weighted by Gasteiger charge is 2.35. The van der Waals surface area contributed by atoms with E-state index in [9.17, 15) is 9.59 Å². The number of fused-ring (bicyclic) bond motifs is 2. The van der Waals surface area contributed by atoms with Gasteiger partial charge in [0.15, 0.2) is 17.3 Å². The molecule has 320 valence electrons. The van der Waals surface area contributed by atoms with E-state index in [1.165, 1.54) is 16.8 Å². The van der Waals surface area contributed by atoms with Crippen molar-refractivity contribution < 1.29 is 14.3 Å². The van der Waals surface area contributed by atoms with Crippen LogP contribution in [0.3, 0.4) is 0 Å². The van der Waals surface area contributed by atoms with Gasteiger partial charge in [-0.1, -0.05) is 11.6 Å². The molecule has 0 radical (unpaired) electrons. The Balaban J connectivity index is 0.739. The lowest BCUT2D eigenvalue weighted by atomic mass is 9.92. The summed E-state index contributed by atoms with van der Waals surface area (Å²) in [7, 11) is 0. The van der Waals surface area contributed by atoms with Crippen LogP contribution in [0.4, 0.5) is 17.3 Å². The fourth-order valence-electron chi connectivity index (χ4n) is 10.1. The number of anilines is 3. The topological polar surface area (TPSA) is 149 Å². The summed E-state index contributed by atoms with van der Waals surface area (Å²) in [5.41, 5.74) is 6.81. The van der Waals surface area contributed by atoms with Crippen molar-refractivity contribution >= 4 is 40.7 Å². The summed E-state index contributed by atoms with van der Waals surface area (Å²) in [4.78, 5) is 39.5. The maximum absolute atomic E-state index is 13.1. The van der Waals surface area contributed by atoms with E-state index in [1.807, 2.05) is 17.2 Å². The molecule has 0 unspecified atom stereocenters. The molecule has 1 aliphatic carbocycles. The number of carbonyl (C=O) groups is 2. The summed E-state index contributed by atoms with van der Waals surface area (Å²) in [6.07, 6.45) is 12.6. The summed E-state index contributed by atoms with van der Waals surface area (Å²) in [5.74, 6) is 3.05. The Bertz CT molecular complexity index is 2270. The third-order valence-corrected chi connectivity index (χ3v) is 13.9. The van der Waals surface area contributed by atoms with Gasteiger partial charge in [-0.25, -0.2) is 0 Å². The molecule has 15 heteroatoms. The van der Waals surface area contributed by atoms with Crippen molar-refractivity contribution in [3.8, 4) is 11.8 Å². The van der Waals surface area contributed by atoms with Crippen LogP contribution in [-0.2, 0) is 24.2 Å². The van der Waals surface area contributed by atoms with Crippen LogP contribution in [-0.4, -0.2) is 105 Å². The van der Waals surface area contributed by atoms with E-state index in [2.05, 4.69) is 58.9 Å². The highest BCUT2D eigenvalue weighted by atomic mass is 35.5. The maximum atomic E-state index is 13.1. The van der Waals surface area contributed by atoms with E-state index in [1.54, 1.807) is 31.2 Å². The smallest absolute Gasteiger partial charge is 0.272 e. The molecule has 1 N–H and O–H groups in total. The maximum Gasteiger partial charge on any atom is 0.272 e. The van der Waals surface area contributed by atoms with Crippen molar-refractivity contribution in [2.24, 2.45) is 5.92 Å². The average molecular weight is 846 g/mol. The van der Waals surface area contributed by atoms with Gasteiger partial charge in [0, 0.05) is 88.2 Å². The number of aromatic nitrogens is 5. The Morgan fingerprint density at radius 2 is 1.74 bits per heavy atom. The third-order valence-electron chi connectivity index (χ3n) is 13.6. The Kier molecular flexibility index (Phi) is 12.1. The SMILES string of the molecule is CC(=O)N1CCc2c(c(N3CCCc4cc(C)ncc43)nn2C2CCN(CC3CCN(c4ccc(C(=O)NC5CCC(Oc6ccc(C#N)c(Cl)c6)CC5)nn4)CC3)CC2)C1. The molecular weight excluding hydrogens is 790 g/mol. The number of piperidine rings is 2. The number of amides is 2. The first-order chi connectivity index (χ1) is 29.7. The van der Waals surface area contributed by atoms with Crippen molar-refractivity contribution in [2.45, 2.75) is 109 Å². The number of likely N-dealkylation sites (tertiary alicyclic amines) is 1. The van der Waals surface area contributed by atoms with Crippen LogP contribution in [0.25, 0.3) is 0 Å². The van der Waals surface area contributed by atoms with Crippen LogP contribution >= 0.6 is 11.6 Å². The second kappa shape index (κ2) is 18.0. The molecule has 3 fully saturated rings. The van der Waals surface area contributed by atoms with Crippen molar-refractivity contribution in [1.82, 2.24) is 40.1 Å². The first-order valence-corrected chi connectivity index (χ1v) is 22.6. The van der Waals surface area contributed by atoms with Crippen LogP contribution < -0.4 is 19.9 Å². The van der Waals surface area contributed by atoms with Gasteiger partial charge >= 0.3 is 0 Å². The average Bonchev–Trinajstić information content (AvgIpc) is 3.66. The molecule has 1 aromatic carbocycles. The minimum absolute atomic E-state index is 0.0369. The van der Waals surface area contributed by atoms with Crippen molar-refractivity contribution in [3.63, 3.8) is 0 Å². The number of hydrogen-bond acceptors (Lipinski definition) is 11. The highest BCUT2D eigenvalue weighted by molar-refractivity contribution is 6.31. The first kappa shape index (κ1) is 41.1. The van der Waals surface area contributed by atoms with Crippen LogP contribution in [0.2, 0.25) is 5.02 Å². The van der Waals surface area contributed by atoms with Crippen LogP contribution in [0.1, 0.15) is 109 Å². The second-order valence-electron chi connectivity index (χ2n) is 17.7. The number of ether oxygens (including phenoxy) is 1. The molecule has 5 aliphatic rings. The summed E-state index contributed by atoms with van der Waals surface area (Å²) in [6.45, 7) is 11.1. The van der Waals surface area contributed by atoms with Gasteiger partial charge in [0.2, 0.25) is 5.91 Å². The molecule has 7 heterocycles. The van der Waals surface area contributed by atoms with Crippen LogP contribution in [0.15, 0.2) is 42.6 Å². The zero-order valence-corrected chi connectivity index (χ0v) is 36.1. The Morgan fingerprint density at radius 3 is 2.46 bits per heavy atom. The second-order valence-corrected chi connectivity index (χ2v) is 18.1. The number of nitriles is 1. The standard InChI is InChI=1S/C46H56ClN11O3/c1-30-24-33-4-3-18-57(43(33)27-49-30)45-39-29-56(31(2)59)23-17-42(39)58(53-45)36-15-19-54(20-16-36)28-32-13-21-55(22-14-32)44-12-11-41(51-52-44)46(60)50-35-6-9-37(10-7-35)61-38-8-5-34(26-48)40(47)25-38/h5,8,11-12,24-25,27,32,35-37H,3-4,6-7,9-10,13-23,28-29H2,1-2H3,(H,50,60). The number of aryl methyl sites for hydroxylation is 2.